The van der Waals surface area contributed by atoms with Crippen LogP contribution in [0, 0.1) is 12.7 Å². The van der Waals surface area contributed by atoms with Crippen LogP contribution < -0.4 is 10.2 Å². The van der Waals surface area contributed by atoms with Crippen molar-refractivity contribution in [1.82, 2.24) is 9.78 Å². The first kappa shape index (κ1) is 21.6. The second-order valence-corrected chi connectivity index (χ2v) is 8.39. The van der Waals surface area contributed by atoms with Crippen molar-refractivity contribution in [3.63, 3.8) is 0 Å². The van der Waals surface area contributed by atoms with Gasteiger partial charge in [0.1, 0.15) is 5.82 Å². The molecule has 1 aliphatic rings. The van der Waals surface area contributed by atoms with E-state index in [1.165, 1.54) is 12.1 Å². The highest BCUT2D eigenvalue weighted by molar-refractivity contribution is 6.09. The normalized spacial score (nSPS) is 12.5. The number of anilines is 2. The van der Waals surface area contributed by atoms with E-state index < -0.39 is 11.7 Å². The van der Waals surface area contributed by atoms with Crippen molar-refractivity contribution >= 4 is 23.2 Å². The van der Waals surface area contributed by atoms with E-state index in [9.17, 15) is 14.0 Å². The Balaban J connectivity index is 1.38. The summed E-state index contributed by atoms with van der Waals surface area (Å²) in [6, 6.07) is 18.6. The molecule has 0 unspecified atom stereocenters. The summed E-state index contributed by atoms with van der Waals surface area (Å²) in [5, 5.41) is 7.38. The Hall–Kier alpha value is -4.26. The van der Waals surface area contributed by atoms with E-state index in [1.54, 1.807) is 46.8 Å². The summed E-state index contributed by atoms with van der Waals surface area (Å²) in [6.07, 6.45) is 2.70. The fourth-order valence-electron chi connectivity index (χ4n) is 4.31. The molecule has 3 aromatic carbocycles. The molecule has 6 nitrogen and oxygen atoms in total. The van der Waals surface area contributed by atoms with E-state index in [4.69, 9.17) is 0 Å². The summed E-state index contributed by atoms with van der Waals surface area (Å²) in [7, 11) is 1.90. The molecule has 0 atom stereocenters. The molecule has 5 rings (SSSR count). The number of aryl methyl sites for hydroxylation is 2. The maximum Gasteiger partial charge on any atom is 0.258 e. The minimum Gasteiger partial charge on any atom is -0.322 e. The lowest BCUT2D eigenvalue weighted by molar-refractivity contribution is 0.0986. The quantitative estimate of drug-likeness (QED) is 0.474. The van der Waals surface area contributed by atoms with E-state index >= 15 is 0 Å². The van der Waals surface area contributed by atoms with Gasteiger partial charge in [0.15, 0.2) is 0 Å². The molecule has 170 valence electrons. The molecule has 0 radical (unpaired) electrons. The number of rotatable bonds is 3. The van der Waals surface area contributed by atoms with Crippen molar-refractivity contribution in [2.75, 3.05) is 16.8 Å². The third-order valence-corrected chi connectivity index (χ3v) is 6.04. The highest BCUT2D eigenvalue weighted by atomic mass is 19.1. The number of aromatic nitrogens is 2. The Morgan fingerprint density at radius 3 is 2.59 bits per heavy atom. The molecular weight excluding hydrogens is 431 g/mol. The maximum atomic E-state index is 13.6. The smallest absolute Gasteiger partial charge is 0.258 e. The zero-order chi connectivity index (χ0) is 23.8. The molecule has 1 N–H and O–H groups in total. The average molecular weight is 455 g/mol. The Morgan fingerprint density at radius 2 is 1.79 bits per heavy atom. The van der Waals surface area contributed by atoms with Gasteiger partial charge < -0.3 is 10.2 Å². The highest BCUT2D eigenvalue weighted by Crippen LogP contribution is 2.36. The van der Waals surface area contributed by atoms with Crippen LogP contribution in [0.3, 0.4) is 0 Å². The van der Waals surface area contributed by atoms with Crippen LogP contribution in [0.5, 0.6) is 0 Å². The largest absolute Gasteiger partial charge is 0.322 e. The van der Waals surface area contributed by atoms with Gasteiger partial charge in [-0.15, -0.1) is 0 Å². The van der Waals surface area contributed by atoms with Gasteiger partial charge in [-0.3, -0.25) is 14.3 Å². The zero-order valence-electron chi connectivity index (χ0n) is 18.9. The first-order chi connectivity index (χ1) is 16.4. The topological polar surface area (TPSA) is 67.2 Å². The van der Waals surface area contributed by atoms with Gasteiger partial charge in [-0.25, -0.2) is 4.39 Å². The van der Waals surface area contributed by atoms with Crippen LogP contribution in [-0.4, -0.2) is 28.1 Å². The van der Waals surface area contributed by atoms with Crippen molar-refractivity contribution in [1.29, 1.82) is 0 Å². The third kappa shape index (κ3) is 3.96. The molecule has 0 bridgehead atoms. The van der Waals surface area contributed by atoms with E-state index in [2.05, 4.69) is 10.4 Å². The minimum absolute atomic E-state index is 0.124. The Bertz CT molecular complexity index is 1410. The van der Waals surface area contributed by atoms with Gasteiger partial charge in [-0.05, 0) is 66.9 Å². The van der Waals surface area contributed by atoms with Crippen LogP contribution >= 0.6 is 0 Å². The van der Waals surface area contributed by atoms with Gasteiger partial charge >= 0.3 is 0 Å². The molecule has 2 heterocycles. The van der Waals surface area contributed by atoms with Gasteiger partial charge in [0.25, 0.3) is 11.8 Å². The average Bonchev–Trinajstić information content (AvgIpc) is 3.14. The second kappa shape index (κ2) is 8.59. The summed E-state index contributed by atoms with van der Waals surface area (Å²) in [4.78, 5) is 27.8. The zero-order valence-corrected chi connectivity index (χ0v) is 18.9. The maximum absolute atomic E-state index is 13.6. The summed E-state index contributed by atoms with van der Waals surface area (Å²) in [5.74, 6) is -0.990. The molecule has 0 saturated heterocycles. The highest BCUT2D eigenvalue weighted by Gasteiger charge is 2.26. The van der Waals surface area contributed by atoms with Crippen molar-refractivity contribution < 1.29 is 14.0 Å². The number of carbonyl (C=O) groups excluding carboxylic acids is 2. The predicted molar refractivity (Wildman–Crippen MR) is 130 cm³/mol. The number of hydrogen-bond acceptors (Lipinski definition) is 3. The number of para-hydroxylation sites is 1. The molecule has 1 aromatic heterocycles. The van der Waals surface area contributed by atoms with E-state index in [0.29, 0.717) is 29.8 Å². The summed E-state index contributed by atoms with van der Waals surface area (Å²) >= 11 is 0. The molecular formula is C27H23FN4O2. The summed E-state index contributed by atoms with van der Waals surface area (Å²) in [5.41, 5.74) is 5.75. The predicted octanol–water partition coefficient (Wildman–Crippen LogP) is 4.99. The van der Waals surface area contributed by atoms with Gasteiger partial charge in [0.2, 0.25) is 0 Å². The molecule has 0 saturated carbocycles. The molecule has 0 spiro atoms. The lowest BCUT2D eigenvalue weighted by atomic mass is 10.1. The van der Waals surface area contributed by atoms with Crippen LogP contribution in [-0.2, 0) is 13.5 Å². The molecule has 34 heavy (non-hydrogen) atoms. The molecule has 1 aliphatic heterocycles. The van der Waals surface area contributed by atoms with E-state index in [0.717, 1.165) is 22.5 Å². The van der Waals surface area contributed by atoms with E-state index in [-0.39, 0.29) is 11.5 Å². The Morgan fingerprint density at radius 1 is 1.03 bits per heavy atom. The van der Waals surface area contributed by atoms with Crippen LogP contribution in [0.15, 0.2) is 72.9 Å². The summed E-state index contributed by atoms with van der Waals surface area (Å²) in [6.45, 7) is 2.29. The van der Waals surface area contributed by atoms with Crippen LogP contribution in [0.4, 0.5) is 15.8 Å². The monoisotopic (exact) mass is 454 g/mol. The van der Waals surface area contributed by atoms with Gasteiger partial charge in [0.05, 0.1) is 11.4 Å². The fraction of sp³-hybridized carbons (Fsp3) is 0.148. The lowest BCUT2D eigenvalue weighted by Gasteiger charge is -2.23. The standard InChI is InChI=1S/C27H23FN4O2/c1-17-7-10-20(28)15-23(17)26(33)29-21-11-8-18(9-12-21)27(34)32-14-13-19-16-31(2)30-25(19)22-5-3-4-6-24(22)32/h3-12,15-16H,13-14H2,1-2H3,(H,29,33). The van der Waals surface area contributed by atoms with E-state index in [1.807, 2.05) is 37.5 Å². The van der Waals surface area contributed by atoms with Gasteiger partial charge in [0, 0.05) is 42.2 Å². The van der Waals surface area contributed by atoms with Gasteiger partial charge in [-0.1, -0.05) is 24.3 Å². The van der Waals surface area contributed by atoms with Crippen LogP contribution in [0.25, 0.3) is 11.3 Å². The Labute approximate surface area is 196 Å². The van der Waals surface area contributed by atoms with Gasteiger partial charge in [-0.2, -0.15) is 5.10 Å². The molecule has 0 fully saturated rings. The number of nitrogens with one attached hydrogen (secondary N) is 1. The van der Waals surface area contributed by atoms with Crippen molar-refractivity contribution in [2.45, 2.75) is 13.3 Å². The van der Waals surface area contributed by atoms with Crippen LogP contribution in [0.1, 0.15) is 31.8 Å². The molecule has 0 aliphatic carbocycles. The summed E-state index contributed by atoms with van der Waals surface area (Å²) < 4.78 is 15.4. The fourth-order valence-corrected chi connectivity index (χ4v) is 4.31. The lowest BCUT2D eigenvalue weighted by Crippen LogP contribution is -2.32. The molecule has 4 aromatic rings. The first-order valence-electron chi connectivity index (χ1n) is 11.0. The van der Waals surface area contributed by atoms with Crippen molar-refractivity contribution in [3.05, 3.63) is 101 Å². The van der Waals surface area contributed by atoms with Crippen LogP contribution in [0.2, 0.25) is 0 Å². The molecule has 2 amide bonds. The SMILES string of the molecule is Cc1ccc(F)cc1C(=O)Nc1ccc(C(=O)N2CCc3cn(C)nc3-c3ccccc32)cc1. The third-order valence-electron chi connectivity index (χ3n) is 6.04. The molecule has 7 heteroatoms. The minimum atomic E-state index is -0.466. The number of nitrogens with zero attached hydrogens (tertiary/aromatic N) is 3. The van der Waals surface area contributed by atoms with Crippen molar-refractivity contribution in [3.8, 4) is 11.3 Å². The number of carbonyl (C=O) groups is 2. The first-order valence-corrected chi connectivity index (χ1v) is 11.0. The Kier molecular flexibility index (Phi) is 5.45. The number of halogens is 1. The van der Waals surface area contributed by atoms with Crippen molar-refractivity contribution in [2.24, 2.45) is 7.05 Å². The number of benzene rings is 3. The number of amides is 2. The second-order valence-electron chi connectivity index (χ2n) is 8.39. The number of fused-ring (bicyclic) bond motifs is 3. The number of hydrogen-bond donors (Lipinski definition) is 1.